The molecule has 0 aliphatic heterocycles. The third kappa shape index (κ3) is 5.00. The van der Waals surface area contributed by atoms with Crippen molar-refractivity contribution >= 4 is 11.8 Å². The van der Waals surface area contributed by atoms with E-state index in [2.05, 4.69) is 32.0 Å². The van der Waals surface area contributed by atoms with Gasteiger partial charge in [0.05, 0.1) is 12.0 Å². The smallest absolute Gasteiger partial charge is 0.310 e. The molecule has 1 aliphatic carbocycles. The first-order chi connectivity index (χ1) is 15.9. The summed E-state index contributed by atoms with van der Waals surface area (Å²) in [4.78, 5) is 25.5. The number of hydrogen-bond acceptors (Lipinski definition) is 3. The summed E-state index contributed by atoms with van der Waals surface area (Å²) >= 11 is 0. The Hall–Kier alpha value is -3.40. The predicted octanol–water partition coefficient (Wildman–Crippen LogP) is 5.62. The van der Waals surface area contributed by atoms with Crippen molar-refractivity contribution in [2.45, 2.75) is 46.0 Å². The highest BCUT2D eigenvalue weighted by Gasteiger charge is 2.45. The van der Waals surface area contributed by atoms with Crippen LogP contribution in [0.15, 0.2) is 66.7 Å². The first-order valence-electron chi connectivity index (χ1n) is 11.5. The van der Waals surface area contributed by atoms with E-state index < -0.39 is 11.4 Å². The Balaban J connectivity index is 1.49. The molecule has 0 fully saturated rings. The van der Waals surface area contributed by atoms with E-state index in [1.165, 1.54) is 11.1 Å². The molecule has 1 N–H and O–H groups in total. The van der Waals surface area contributed by atoms with Crippen LogP contribution in [-0.2, 0) is 30.5 Å². The Labute approximate surface area is 195 Å². The normalized spacial score (nSPS) is 14.0. The van der Waals surface area contributed by atoms with E-state index in [-0.39, 0.29) is 12.2 Å². The van der Waals surface area contributed by atoms with Crippen molar-refractivity contribution in [3.63, 3.8) is 0 Å². The van der Waals surface area contributed by atoms with Gasteiger partial charge in [-0.2, -0.15) is 0 Å². The summed E-state index contributed by atoms with van der Waals surface area (Å²) in [6, 6.07) is 21.6. The van der Waals surface area contributed by atoms with Crippen LogP contribution in [0.5, 0.6) is 5.75 Å². The first-order valence-corrected chi connectivity index (χ1v) is 11.5. The van der Waals surface area contributed by atoms with Gasteiger partial charge in [-0.25, -0.2) is 0 Å². The summed E-state index contributed by atoms with van der Waals surface area (Å²) in [6.07, 6.45) is 2.32. The largest absolute Gasteiger partial charge is 0.493 e. The maximum absolute atomic E-state index is 13.2. The number of carboxylic acid groups (broad SMARTS) is 1. The number of Topliss-reactive ketones (excluding diaryl/α,β-unsaturated/α-hetero) is 1. The summed E-state index contributed by atoms with van der Waals surface area (Å²) in [5.41, 5.74) is 4.94. The van der Waals surface area contributed by atoms with Crippen LogP contribution < -0.4 is 4.74 Å². The van der Waals surface area contributed by atoms with E-state index in [4.69, 9.17) is 4.74 Å². The number of ketones is 1. The Morgan fingerprint density at radius 3 is 2.33 bits per heavy atom. The number of carbonyl (C=O) groups is 2. The van der Waals surface area contributed by atoms with E-state index >= 15 is 0 Å². The lowest BCUT2D eigenvalue weighted by atomic mass is 9.78. The number of carbonyl (C=O) groups excluding carboxylic acids is 1. The summed E-state index contributed by atoms with van der Waals surface area (Å²) in [5, 5.41) is 10.0. The fraction of sp³-hybridized carbons (Fsp3) is 0.310. The van der Waals surface area contributed by atoms with Gasteiger partial charge in [-0.3, -0.25) is 9.59 Å². The molecule has 0 aromatic heterocycles. The number of aryl methyl sites for hydroxylation is 2. The van der Waals surface area contributed by atoms with E-state index in [0.717, 1.165) is 29.5 Å². The van der Waals surface area contributed by atoms with Crippen molar-refractivity contribution in [3.8, 4) is 5.75 Å². The minimum absolute atomic E-state index is 0.0226. The molecule has 1 aliphatic rings. The zero-order chi connectivity index (χ0) is 23.4. The minimum Gasteiger partial charge on any atom is -0.493 e. The van der Waals surface area contributed by atoms with Gasteiger partial charge < -0.3 is 9.84 Å². The summed E-state index contributed by atoms with van der Waals surface area (Å²) in [5.74, 6) is -0.363. The summed E-state index contributed by atoms with van der Waals surface area (Å²) in [6.45, 7) is 4.64. The molecule has 0 saturated carbocycles. The van der Waals surface area contributed by atoms with Gasteiger partial charge in [0.25, 0.3) is 0 Å². The van der Waals surface area contributed by atoms with Crippen LogP contribution in [0.3, 0.4) is 0 Å². The molecule has 0 spiro atoms. The molecule has 0 atom stereocenters. The molecule has 0 saturated heterocycles. The van der Waals surface area contributed by atoms with Crippen molar-refractivity contribution in [3.05, 3.63) is 100 Å². The molecular weight excluding hydrogens is 412 g/mol. The van der Waals surface area contributed by atoms with Crippen LogP contribution in [-0.4, -0.2) is 23.5 Å². The van der Waals surface area contributed by atoms with E-state index in [0.29, 0.717) is 30.8 Å². The topological polar surface area (TPSA) is 63.6 Å². The molecule has 4 nitrogen and oxygen atoms in total. The lowest BCUT2D eigenvalue weighted by Crippen LogP contribution is -2.34. The molecule has 0 amide bonds. The lowest BCUT2D eigenvalue weighted by molar-refractivity contribution is -0.148. The van der Waals surface area contributed by atoms with Crippen LogP contribution in [0.2, 0.25) is 0 Å². The second-order valence-corrected chi connectivity index (χ2v) is 9.07. The number of aliphatic carboxylic acids is 1. The molecule has 33 heavy (non-hydrogen) atoms. The molecule has 3 aromatic rings. The van der Waals surface area contributed by atoms with Gasteiger partial charge >= 0.3 is 5.97 Å². The monoisotopic (exact) mass is 442 g/mol. The summed E-state index contributed by atoms with van der Waals surface area (Å²) < 4.78 is 6.09. The highest BCUT2D eigenvalue weighted by molar-refractivity contribution is 5.99. The molecule has 170 valence electrons. The van der Waals surface area contributed by atoms with Crippen LogP contribution in [0, 0.1) is 12.3 Å². The third-order valence-electron chi connectivity index (χ3n) is 6.63. The number of rotatable bonds is 9. The van der Waals surface area contributed by atoms with Gasteiger partial charge in [-0.05, 0) is 54.5 Å². The van der Waals surface area contributed by atoms with Crippen molar-refractivity contribution in [2.24, 2.45) is 5.41 Å². The Kier molecular flexibility index (Phi) is 6.64. The van der Waals surface area contributed by atoms with Crippen molar-refractivity contribution in [2.75, 3.05) is 6.61 Å². The van der Waals surface area contributed by atoms with Gasteiger partial charge in [0.1, 0.15) is 5.75 Å². The van der Waals surface area contributed by atoms with Crippen LogP contribution in [0.4, 0.5) is 0 Å². The van der Waals surface area contributed by atoms with E-state index in [1.54, 1.807) is 12.1 Å². The van der Waals surface area contributed by atoms with Crippen LogP contribution >= 0.6 is 0 Å². The maximum atomic E-state index is 13.2. The third-order valence-corrected chi connectivity index (χ3v) is 6.63. The fourth-order valence-electron chi connectivity index (χ4n) is 4.76. The van der Waals surface area contributed by atoms with Gasteiger partial charge in [-0.1, -0.05) is 73.2 Å². The second-order valence-electron chi connectivity index (χ2n) is 9.07. The van der Waals surface area contributed by atoms with E-state index in [1.807, 2.05) is 36.4 Å². The Morgan fingerprint density at radius 1 is 0.970 bits per heavy atom. The lowest BCUT2D eigenvalue weighted by Gasteiger charge is -2.23. The van der Waals surface area contributed by atoms with Gasteiger partial charge in [0.2, 0.25) is 0 Å². The molecule has 4 rings (SSSR count). The Morgan fingerprint density at radius 2 is 1.70 bits per heavy atom. The van der Waals surface area contributed by atoms with E-state index in [9.17, 15) is 14.7 Å². The number of fused-ring (bicyclic) bond motifs is 1. The molecule has 3 aromatic carbocycles. The predicted molar refractivity (Wildman–Crippen MR) is 129 cm³/mol. The average Bonchev–Trinajstić information content (AvgIpc) is 3.18. The van der Waals surface area contributed by atoms with Crippen LogP contribution in [0.1, 0.15) is 51.5 Å². The molecule has 0 radical (unpaired) electrons. The average molecular weight is 443 g/mol. The molecular formula is C29H30O4. The zero-order valence-corrected chi connectivity index (χ0v) is 19.3. The first kappa shape index (κ1) is 22.8. The zero-order valence-electron chi connectivity index (χ0n) is 19.3. The number of carboxylic acids is 1. The minimum atomic E-state index is -1.09. The molecule has 0 heterocycles. The molecule has 0 unspecified atom stereocenters. The van der Waals surface area contributed by atoms with Crippen molar-refractivity contribution in [1.29, 1.82) is 0 Å². The number of ether oxygens (including phenoxy) is 1. The van der Waals surface area contributed by atoms with Gasteiger partial charge in [0.15, 0.2) is 5.78 Å². The van der Waals surface area contributed by atoms with Crippen molar-refractivity contribution < 1.29 is 19.4 Å². The SMILES string of the molecule is CCc1ccc(C(=O)CC2(C(=O)O)Cc3ccccc3C2)cc1OCCc1cccc(C)c1. The number of hydrogen-bond donors (Lipinski definition) is 1. The maximum Gasteiger partial charge on any atom is 0.310 e. The Bertz CT molecular complexity index is 1150. The standard InChI is InChI=1S/C29H30O4/c1-3-22-11-12-23(16-27(22)33-14-13-21-8-6-7-20(2)15-21)26(30)19-29(28(31)32)17-24-9-4-5-10-25(24)18-29/h4-12,15-16H,3,13-14,17-19H2,1-2H3,(H,31,32). The molecule has 4 heteroatoms. The quantitative estimate of drug-likeness (QED) is 0.437. The highest BCUT2D eigenvalue weighted by Crippen LogP contribution is 2.41. The number of benzene rings is 3. The van der Waals surface area contributed by atoms with Gasteiger partial charge in [0, 0.05) is 18.4 Å². The van der Waals surface area contributed by atoms with Crippen molar-refractivity contribution in [1.82, 2.24) is 0 Å². The highest BCUT2D eigenvalue weighted by atomic mass is 16.5. The van der Waals surface area contributed by atoms with Gasteiger partial charge in [-0.15, -0.1) is 0 Å². The fourth-order valence-corrected chi connectivity index (χ4v) is 4.76. The molecule has 0 bridgehead atoms. The van der Waals surface area contributed by atoms with Crippen LogP contribution in [0.25, 0.3) is 0 Å². The summed E-state index contributed by atoms with van der Waals surface area (Å²) in [7, 11) is 0. The second kappa shape index (κ2) is 9.62.